The molecule has 0 saturated carbocycles. The van der Waals surface area contributed by atoms with Gasteiger partial charge in [0.15, 0.2) is 12.2 Å². The van der Waals surface area contributed by atoms with Crippen LogP contribution in [0.3, 0.4) is 0 Å². The molecule has 0 aliphatic rings. The molecule has 0 fully saturated rings. The minimum Gasteiger partial charge on any atom is -0.462 e. The molecule has 19 heteroatoms. The fraction of sp³-hybridized carbons (Fsp3) is 0.949. The molecular weight excluding hydrogens is 1270 g/mol. The quantitative estimate of drug-likeness (QED) is 0.0222. The minimum absolute atomic E-state index is 0.107. The molecule has 0 radical (unpaired) electrons. The van der Waals surface area contributed by atoms with E-state index in [0.717, 1.165) is 102 Å². The molecule has 0 bridgehead atoms. The fourth-order valence-corrected chi connectivity index (χ4v) is 13.6. The van der Waals surface area contributed by atoms with E-state index in [1.807, 2.05) is 0 Å². The second-order valence-corrected chi connectivity index (χ2v) is 31.3. The smallest absolute Gasteiger partial charge is 0.462 e. The van der Waals surface area contributed by atoms with Crippen molar-refractivity contribution in [3.63, 3.8) is 0 Å². The van der Waals surface area contributed by atoms with Gasteiger partial charge in [-0.25, -0.2) is 9.13 Å². The molecule has 0 amide bonds. The van der Waals surface area contributed by atoms with E-state index in [1.54, 1.807) is 0 Å². The van der Waals surface area contributed by atoms with Gasteiger partial charge in [0.05, 0.1) is 26.4 Å². The summed E-state index contributed by atoms with van der Waals surface area (Å²) in [5.41, 5.74) is 0. The number of unbranched alkanes of at least 4 members (excludes halogenated alkanes) is 49. The average Bonchev–Trinajstić information content (AvgIpc) is 1.39. The summed E-state index contributed by atoms with van der Waals surface area (Å²) in [6, 6.07) is 0. The molecule has 0 heterocycles. The van der Waals surface area contributed by atoms with Crippen LogP contribution in [0.1, 0.15) is 413 Å². The van der Waals surface area contributed by atoms with Crippen LogP contribution < -0.4 is 0 Å². The van der Waals surface area contributed by atoms with Gasteiger partial charge in [-0.2, -0.15) is 0 Å². The number of phosphoric ester groups is 2. The minimum atomic E-state index is -4.96. The Hall–Kier alpha value is -1.94. The van der Waals surface area contributed by atoms with E-state index >= 15 is 0 Å². The number of ether oxygens (including phenoxy) is 4. The van der Waals surface area contributed by atoms with E-state index in [9.17, 15) is 43.2 Å². The maximum absolute atomic E-state index is 13.1. The van der Waals surface area contributed by atoms with E-state index in [2.05, 4.69) is 34.6 Å². The van der Waals surface area contributed by atoms with Crippen molar-refractivity contribution in [2.75, 3.05) is 39.6 Å². The number of aliphatic hydroxyl groups excluding tert-OH is 1. The third-order valence-corrected chi connectivity index (χ3v) is 20.5. The molecule has 17 nitrogen and oxygen atoms in total. The highest BCUT2D eigenvalue weighted by Crippen LogP contribution is 2.45. The maximum atomic E-state index is 13.1. The molecule has 0 aromatic carbocycles. The SMILES string of the molecule is CCCCCCCCCCCCCCCCCCC(=O)OC[C@H](COP(=O)(O)OC[C@@H](O)COP(=O)(O)OC[C@@H](COC(=O)CCCCCCC)OC(=O)CCCCCCCCCCCCCCCC)OC(=O)CCCCCCCCCCCCCCCCCCCCC(C)CC. The highest BCUT2D eigenvalue weighted by molar-refractivity contribution is 7.47. The summed E-state index contributed by atoms with van der Waals surface area (Å²) in [7, 11) is -9.90. The van der Waals surface area contributed by atoms with Crippen LogP contribution in [0.25, 0.3) is 0 Å². The van der Waals surface area contributed by atoms with E-state index in [4.69, 9.17) is 37.0 Å². The zero-order valence-corrected chi connectivity index (χ0v) is 65.0. The van der Waals surface area contributed by atoms with Crippen LogP contribution in [-0.4, -0.2) is 96.7 Å². The van der Waals surface area contributed by atoms with Gasteiger partial charge in [0.2, 0.25) is 0 Å². The Labute approximate surface area is 594 Å². The van der Waals surface area contributed by atoms with Crippen LogP contribution >= 0.6 is 15.6 Å². The number of hydrogen-bond acceptors (Lipinski definition) is 15. The van der Waals surface area contributed by atoms with Gasteiger partial charge in [-0.1, -0.05) is 362 Å². The first-order chi connectivity index (χ1) is 47.1. The van der Waals surface area contributed by atoms with Gasteiger partial charge in [0, 0.05) is 25.7 Å². The fourth-order valence-electron chi connectivity index (χ4n) is 12.0. The van der Waals surface area contributed by atoms with Crippen molar-refractivity contribution in [3.8, 4) is 0 Å². The monoisotopic (exact) mass is 1420 g/mol. The van der Waals surface area contributed by atoms with E-state index < -0.39 is 97.5 Å². The maximum Gasteiger partial charge on any atom is 0.472 e. The highest BCUT2D eigenvalue weighted by atomic mass is 31.2. The Bertz CT molecular complexity index is 1860. The molecule has 0 aromatic rings. The lowest BCUT2D eigenvalue weighted by atomic mass is 9.99. The second kappa shape index (κ2) is 71.1. The second-order valence-electron chi connectivity index (χ2n) is 28.3. The van der Waals surface area contributed by atoms with Gasteiger partial charge in [-0.15, -0.1) is 0 Å². The number of carbonyl (C=O) groups is 4. The summed E-state index contributed by atoms with van der Waals surface area (Å²) < 4.78 is 68.4. The van der Waals surface area contributed by atoms with Crippen molar-refractivity contribution in [1.82, 2.24) is 0 Å². The molecule has 0 aliphatic carbocycles. The Kier molecular flexibility index (Phi) is 69.6. The molecule has 3 N–H and O–H groups in total. The van der Waals surface area contributed by atoms with Crippen LogP contribution in [0.15, 0.2) is 0 Å². The Balaban J connectivity index is 5.11. The van der Waals surface area contributed by atoms with E-state index in [0.29, 0.717) is 25.7 Å². The number of esters is 4. The zero-order valence-electron chi connectivity index (χ0n) is 63.2. The van der Waals surface area contributed by atoms with Crippen LogP contribution in [0.2, 0.25) is 0 Å². The predicted octanol–water partition coefficient (Wildman–Crippen LogP) is 23.3. The number of phosphoric acid groups is 2. The third-order valence-electron chi connectivity index (χ3n) is 18.6. The van der Waals surface area contributed by atoms with Gasteiger partial charge in [-0.05, 0) is 31.6 Å². The molecule has 0 aromatic heterocycles. The van der Waals surface area contributed by atoms with Crippen molar-refractivity contribution < 1.29 is 80.2 Å². The number of hydrogen-bond donors (Lipinski definition) is 3. The summed E-state index contributed by atoms with van der Waals surface area (Å²) in [4.78, 5) is 72.6. The van der Waals surface area contributed by atoms with Crippen molar-refractivity contribution in [2.24, 2.45) is 5.92 Å². The number of rotatable bonds is 78. The van der Waals surface area contributed by atoms with Gasteiger partial charge in [0.1, 0.15) is 19.3 Å². The summed E-state index contributed by atoms with van der Waals surface area (Å²) in [6.45, 7) is 7.29. The van der Waals surface area contributed by atoms with Crippen LogP contribution in [0, 0.1) is 5.92 Å². The first-order valence-electron chi connectivity index (χ1n) is 40.7. The van der Waals surface area contributed by atoms with Crippen molar-refractivity contribution in [2.45, 2.75) is 432 Å². The first kappa shape index (κ1) is 95.1. The molecule has 0 saturated heterocycles. The van der Waals surface area contributed by atoms with Crippen LogP contribution in [0.4, 0.5) is 0 Å². The van der Waals surface area contributed by atoms with Gasteiger partial charge < -0.3 is 33.8 Å². The summed E-state index contributed by atoms with van der Waals surface area (Å²) in [6.07, 6.45) is 61.4. The molecule has 97 heavy (non-hydrogen) atoms. The molecule has 576 valence electrons. The normalized spacial score (nSPS) is 14.2. The zero-order chi connectivity index (χ0) is 71.2. The largest absolute Gasteiger partial charge is 0.472 e. The Morgan fingerprint density at radius 2 is 0.495 bits per heavy atom. The average molecular weight is 1420 g/mol. The number of carbonyl (C=O) groups excluding carboxylic acids is 4. The van der Waals surface area contributed by atoms with Crippen LogP contribution in [0.5, 0.6) is 0 Å². The third kappa shape index (κ3) is 70.9. The summed E-state index contributed by atoms with van der Waals surface area (Å²) in [5, 5.41) is 10.6. The lowest BCUT2D eigenvalue weighted by Crippen LogP contribution is -2.30. The molecule has 0 spiro atoms. The van der Waals surface area contributed by atoms with Gasteiger partial charge >= 0.3 is 39.5 Å². The standard InChI is InChI=1S/C78H152O17P2/c1-6-10-13-16-18-20-22-24-26-32-36-39-43-47-52-57-62-76(81)89-68-74(95-78(83)64-59-54-49-45-41-37-33-30-28-27-29-31-34-38-42-46-51-55-60-71(5)9-4)70-93-97(86,87)91-66-72(79)65-90-96(84,85)92-69-73(67-88-75(80)61-56-50-15-12-8-3)94-77(82)63-58-53-48-44-40-35-25-23-21-19-17-14-11-7-2/h71-74,79H,6-70H2,1-5H3,(H,84,85)(H,86,87)/t71?,72-,73+,74+/m0/s1. The highest BCUT2D eigenvalue weighted by Gasteiger charge is 2.30. The van der Waals surface area contributed by atoms with Gasteiger partial charge in [-0.3, -0.25) is 37.3 Å². The van der Waals surface area contributed by atoms with E-state index in [-0.39, 0.29) is 25.7 Å². The van der Waals surface area contributed by atoms with Crippen molar-refractivity contribution in [1.29, 1.82) is 0 Å². The lowest BCUT2D eigenvalue weighted by molar-refractivity contribution is -0.161. The lowest BCUT2D eigenvalue weighted by Gasteiger charge is -2.21. The van der Waals surface area contributed by atoms with Crippen molar-refractivity contribution in [3.05, 3.63) is 0 Å². The van der Waals surface area contributed by atoms with Crippen LogP contribution in [-0.2, 0) is 65.4 Å². The topological polar surface area (TPSA) is 237 Å². The molecular formula is C78H152O17P2. The first-order valence-corrected chi connectivity index (χ1v) is 43.7. The number of aliphatic hydroxyl groups is 1. The predicted molar refractivity (Wildman–Crippen MR) is 395 cm³/mol. The molecule has 0 aliphatic heterocycles. The van der Waals surface area contributed by atoms with Crippen molar-refractivity contribution >= 4 is 39.5 Å². The molecule has 0 rings (SSSR count). The summed E-state index contributed by atoms with van der Waals surface area (Å²) in [5.74, 6) is -1.25. The van der Waals surface area contributed by atoms with Gasteiger partial charge in [0.25, 0.3) is 0 Å². The Morgan fingerprint density at radius 1 is 0.289 bits per heavy atom. The van der Waals surface area contributed by atoms with E-state index in [1.165, 1.54) is 231 Å². The molecule has 6 atom stereocenters. The Morgan fingerprint density at radius 3 is 0.732 bits per heavy atom. The summed E-state index contributed by atoms with van der Waals surface area (Å²) >= 11 is 0. The molecule has 3 unspecified atom stereocenters.